The van der Waals surface area contributed by atoms with Gasteiger partial charge in [0.1, 0.15) is 22.9 Å². The summed E-state index contributed by atoms with van der Waals surface area (Å²) in [5, 5.41) is 2.23. The molecule has 0 fully saturated rings. The van der Waals surface area contributed by atoms with E-state index < -0.39 is 17.2 Å². The Labute approximate surface area is 121 Å². The fraction of sp³-hybridized carbons (Fsp3) is 0.267. The molecule has 1 aromatic carbocycles. The second kappa shape index (κ2) is 6.07. The first-order valence-electron chi connectivity index (χ1n) is 6.16. The van der Waals surface area contributed by atoms with Crippen molar-refractivity contribution < 1.29 is 13.5 Å². The fourth-order valence-electron chi connectivity index (χ4n) is 2.19. The van der Waals surface area contributed by atoms with Gasteiger partial charge in [0, 0.05) is 12.5 Å². The van der Waals surface area contributed by atoms with E-state index in [4.69, 9.17) is 4.74 Å². The van der Waals surface area contributed by atoms with Crippen molar-refractivity contribution in [3.05, 3.63) is 53.6 Å². The monoisotopic (exact) mass is 293 g/mol. The highest BCUT2D eigenvalue weighted by Crippen LogP contribution is 2.40. The lowest BCUT2D eigenvalue weighted by Crippen LogP contribution is -2.23. The molecular formula is C15H13F2NOS. The van der Waals surface area contributed by atoms with Gasteiger partial charge in [-0.1, -0.05) is 12.1 Å². The van der Waals surface area contributed by atoms with Crippen LogP contribution in [-0.2, 0) is 5.54 Å². The molecule has 1 unspecified atom stereocenters. The predicted molar refractivity (Wildman–Crippen MR) is 77.3 cm³/mol. The molecule has 0 aliphatic heterocycles. The van der Waals surface area contributed by atoms with Crippen LogP contribution in [0.25, 0.3) is 0 Å². The maximum Gasteiger partial charge on any atom is 0.124 e. The standard InChI is InChI=1S/C15H13F2NOS/c1-2-19-14-5-3-11(4-6-14)15(18-10-20)8-12(16)7-13(17)9-15/h3-8H,2,9H2,1H3. The van der Waals surface area contributed by atoms with Crippen LogP contribution in [0.5, 0.6) is 5.75 Å². The Hall–Kier alpha value is -1.84. The summed E-state index contributed by atoms with van der Waals surface area (Å²) in [5.41, 5.74) is -0.535. The third kappa shape index (κ3) is 3.00. The Morgan fingerprint density at radius 2 is 2.05 bits per heavy atom. The number of hydrogen-bond donors (Lipinski definition) is 0. The lowest BCUT2D eigenvalue weighted by molar-refractivity contribution is 0.340. The molecule has 0 bridgehead atoms. The maximum absolute atomic E-state index is 13.6. The van der Waals surface area contributed by atoms with Gasteiger partial charge in [0.25, 0.3) is 0 Å². The molecule has 0 aromatic heterocycles. The van der Waals surface area contributed by atoms with Gasteiger partial charge in [0.15, 0.2) is 0 Å². The zero-order chi connectivity index (χ0) is 14.6. The number of benzene rings is 1. The molecule has 0 amide bonds. The minimum atomic E-state index is -1.17. The molecule has 0 radical (unpaired) electrons. The molecule has 1 aliphatic carbocycles. The molecule has 20 heavy (non-hydrogen) atoms. The molecule has 0 saturated carbocycles. The second-order valence-corrected chi connectivity index (χ2v) is 4.56. The highest BCUT2D eigenvalue weighted by molar-refractivity contribution is 7.78. The van der Waals surface area contributed by atoms with Crippen molar-refractivity contribution in [3.63, 3.8) is 0 Å². The first-order valence-corrected chi connectivity index (χ1v) is 6.57. The normalized spacial score (nSPS) is 21.6. The highest BCUT2D eigenvalue weighted by Gasteiger charge is 2.34. The Balaban J connectivity index is 2.44. The SMILES string of the molecule is CCOc1ccc(C2(N=C=S)C=C(F)C=C(F)C2)cc1. The van der Waals surface area contributed by atoms with E-state index in [2.05, 4.69) is 22.4 Å². The van der Waals surface area contributed by atoms with E-state index in [1.54, 1.807) is 24.3 Å². The number of allylic oxidation sites excluding steroid dienone is 2. The van der Waals surface area contributed by atoms with Gasteiger partial charge < -0.3 is 4.74 Å². The van der Waals surface area contributed by atoms with Crippen LogP contribution in [0.3, 0.4) is 0 Å². The Bertz CT molecular complexity index is 603. The Morgan fingerprint density at radius 1 is 1.35 bits per heavy atom. The molecule has 2 nitrogen and oxygen atoms in total. The Morgan fingerprint density at radius 3 is 2.60 bits per heavy atom. The minimum Gasteiger partial charge on any atom is -0.494 e. The summed E-state index contributed by atoms with van der Waals surface area (Å²) in [5.74, 6) is -0.557. The van der Waals surface area contributed by atoms with Crippen LogP contribution in [0.2, 0.25) is 0 Å². The van der Waals surface area contributed by atoms with Gasteiger partial charge in [0.05, 0.1) is 11.8 Å². The van der Waals surface area contributed by atoms with Crippen LogP contribution >= 0.6 is 12.2 Å². The number of hydrogen-bond acceptors (Lipinski definition) is 3. The summed E-state index contributed by atoms with van der Waals surface area (Å²) < 4.78 is 32.4. The van der Waals surface area contributed by atoms with Crippen LogP contribution < -0.4 is 4.74 Å². The largest absolute Gasteiger partial charge is 0.494 e. The first-order chi connectivity index (χ1) is 9.59. The molecule has 1 aliphatic rings. The van der Waals surface area contributed by atoms with E-state index in [1.807, 2.05) is 6.92 Å². The van der Waals surface area contributed by atoms with Crippen LogP contribution in [0.4, 0.5) is 8.78 Å². The van der Waals surface area contributed by atoms with Gasteiger partial charge in [-0.3, -0.25) is 0 Å². The van der Waals surface area contributed by atoms with E-state index in [9.17, 15) is 8.78 Å². The number of thiocarbonyl (C=S) groups is 1. The molecule has 0 saturated heterocycles. The van der Waals surface area contributed by atoms with Gasteiger partial charge in [-0.2, -0.15) is 0 Å². The molecule has 5 heteroatoms. The molecule has 0 heterocycles. The summed E-state index contributed by atoms with van der Waals surface area (Å²) in [7, 11) is 0. The van der Waals surface area contributed by atoms with Gasteiger partial charge in [0.2, 0.25) is 0 Å². The van der Waals surface area contributed by atoms with Crippen LogP contribution in [0.15, 0.2) is 53.1 Å². The summed E-state index contributed by atoms with van der Waals surface area (Å²) in [6.07, 6.45) is 2.04. The van der Waals surface area contributed by atoms with E-state index in [1.165, 1.54) is 6.08 Å². The number of halogens is 2. The van der Waals surface area contributed by atoms with E-state index in [-0.39, 0.29) is 6.42 Å². The number of aliphatic imine (C=N–C) groups is 1. The van der Waals surface area contributed by atoms with E-state index in [0.717, 1.165) is 6.08 Å². The number of ether oxygens (including phenoxy) is 1. The third-order valence-corrected chi connectivity index (χ3v) is 3.11. The number of isothiocyanates is 1. The van der Waals surface area contributed by atoms with Crippen molar-refractivity contribution in [1.82, 2.24) is 0 Å². The lowest BCUT2D eigenvalue weighted by atomic mass is 9.83. The highest BCUT2D eigenvalue weighted by atomic mass is 32.1. The van der Waals surface area contributed by atoms with Crippen LogP contribution in [0, 0.1) is 0 Å². The van der Waals surface area contributed by atoms with Crippen molar-refractivity contribution in [2.45, 2.75) is 18.9 Å². The van der Waals surface area contributed by atoms with Crippen molar-refractivity contribution in [3.8, 4) is 5.75 Å². The van der Waals surface area contributed by atoms with Crippen LogP contribution in [0.1, 0.15) is 18.9 Å². The predicted octanol–water partition coefficient (Wildman–Crippen LogP) is 4.49. The van der Waals surface area contributed by atoms with E-state index >= 15 is 0 Å². The van der Waals surface area contributed by atoms with Crippen molar-refractivity contribution >= 4 is 17.4 Å². The summed E-state index contributed by atoms with van der Waals surface area (Å²) >= 11 is 4.61. The van der Waals surface area contributed by atoms with Gasteiger partial charge in [-0.25, -0.2) is 13.8 Å². The zero-order valence-corrected chi connectivity index (χ0v) is 11.7. The quantitative estimate of drug-likeness (QED) is 0.602. The minimum absolute atomic E-state index is 0.0714. The third-order valence-electron chi connectivity index (χ3n) is 3.02. The smallest absolute Gasteiger partial charge is 0.124 e. The number of rotatable bonds is 4. The molecule has 2 rings (SSSR count). The zero-order valence-electron chi connectivity index (χ0n) is 10.9. The number of nitrogens with zero attached hydrogens (tertiary/aromatic N) is 1. The average Bonchev–Trinajstić information content (AvgIpc) is 2.39. The Kier molecular flexibility index (Phi) is 4.42. The van der Waals surface area contributed by atoms with Crippen molar-refractivity contribution in [1.29, 1.82) is 0 Å². The lowest BCUT2D eigenvalue weighted by Gasteiger charge is -2.27. The van der Waals surface area contributed by atoms with Gasteiger partial charge in [-0.15, -0.1) is 0 Å². The molecule has 104 valence electrons. The summed E-state index contributed by atoms with van der Waals surface area (Å²) in [6, 6.07) is 6.93. The average molecular weight is 293 g/mol. The first kappa shape index (κ1) is 14.6. The van der Waals surface area contributed by atoms with Crippen molar-refractivity contribution in [2.75, 3.05) is 6.61 Å². The summed E-state index contributed by atoms with van der Waals surface area (Å²) in [4.78, 5) is 3.99. The van der Waals surface area contributed by atoms with E-state index in [0.29, 0.717) is 17.9 Å². The summed E-state index contributed by atoms with van der Waals surface area (Å²) in [6.45, 7) is 2.43. The molecular weight excluding hydrogens is 280 g/mol. The van der Waals surface area contributed by atoms with Crippen molar-refractivity contribution in [2.24, 2.45) is 4.99 Å². The molecule has 1 aromatic rings. The molecule has 1 atom stereocenters. The molecule has 0 N–H and O–H groups in total. The van der Waals surface area contributed by atoms with Gasteiger partial charge in [-0.05, 0) is 42.9 Å². The second-order valence-electron chi connectivity index (χ2n) is 4.38. The van der Waals surface area contributed by atoms with Crippen LogP contribution in [-0.4, -0.2) is 11.8 Å². The topological polar surface area (TPSA) is 21.6 Å². The molecule has 0 spiro atoms. The van der Waals surface area contributed by atoms with Gasteiger partial charge >= 0.3 is 0 Å². The maximum atomic E-state index is 13.6. The fourth-order valence-corrected chi connectivity index (χ4v) is 2.35.